The summed E-state index contributed by atoms with van der Waals surface area (Å²) in [5.74, 6) is -0.932. The van der Waals surface area contributed by atoms with Crippen molar-refractivity contribution in [2.45, 2.75) is 32.9 Å². The standard InChI is InChI=1S/C29H26N2O4/c1-29(2,3)35-28(34)31-14-12-21-8-10-23(17-26(21)31)22-9-7-20-11-13-30(25(20)16-22)18-19-5-4-6-24(15-19)27(32)33/h4-17H,18H2,1-3H3,(H,32,33). The number of hydrogen-bond acceptors (Lipinski definition) is 3. The molecule has 0 saturated carbocycles. The third-order valence-corrected chi connectivity index (χ3v) is 5.92. The molecule has 0 aliphatic rings. The van der Waals surface area contributed by atoms with E-state index in [0.29, 0.717) is 6.54 Å². The van der Waals surface area contributed by atoms with Gasteiger partial charge < -0.3 is 14.4 Å². The smallest absolute Gasteiger partial charge is 0.418 e. The Morgan fingerprint density at radius 2 is 1.49 bits per heavy atom. The Labute approximate surface area is 203 Å². The van der Waals surface area contributed by atoms with Crippen LogP contribution in [0.5, 0.6) is 0 Å². The molecule has 2 aromatic heterocycles. The molecule has 0 bridgehead atoms. The maximum atomic E-state index is 12.7. The van der Waals surface area contributed by atoms with Crippen molar-refractivity contribution in [1.29, 1.82) is 0 Å². The summed E-state index contributed by atoms with van der Waals surface area (Å²) in [5.41, 5.74) is 4.47. The van der Waals surface area contributed by atoms with Gasteiger partial charge in [-0.05, 0) is 79.2 Å². The monoisotopic (exact) mass is 466 g/mol. The Kier molecular flexibility index (Phi) is 5.44. The number of ether oxygens (including phenoxy) is 1. The minimum Gasteiger partial charge on any atom is -0.478 e. The van der Waals surface area contributed by atoms with E-state index in [2.05, 4.69) is 28.8 Å². The molecule has 3 aromatic carbocycles. The molecule has 0 spiro atoms. The number of carbonyl (C=O) groups is 2. The molecule has 0 fully saturated rings. The largest absolute Gasteiger partial charge is 0.478 e. The number of nitrogens with zero attached hydrogens (tertiary/aromatic N) is 2. The molecule has 35 heavy (non-hydrogen) atoms. The summed E-state index contributed by atoms with van der Waals surface area (Å²) in [7, 11) is 0. The van der Waals surface area contributed by atoms with Crippen LogP contribution < -0.4 is 0 Å². The van der Waals surface area contributed by atoms with E-state index >= 15 is 0 Å². The first-order valence-electron chi connectivity index (χ1n) is 11.4. The molecular weight excluding hydrogens is 440 g/mol. The lowest BCUT2D eigenvalue weighted by Crippen LogP contribution is -2.26. The van der Waals surface area contributed by atoms with Gasteiger partial charge in [-0.25, -0.2) is 9.59 Å². The van der Waals surface area contributed by atoms with Crippen LogP contribution in [-0.4, -0.2) is 31.9 Å². The van der Waals surface area contributed by atoms with Crippen molar-refractivity contribution in [3.8, 4) is 11.1 Å². The first-order valence-corrected chi connectivity index (χ1v) is 11.4. The minimum atomic E-state index is -0.932. The maximum absolute atomic E-state index is 12.7. The zero-order chi connectivity index (χ0) is 24.7. The van der Waals surface area contributed by atoms with Crippen LogP contribution in [0.15, 0.2) is 85.2 Å². The summed E-state index contributed by atoms with van der Waals surface area (Å²) in [6.45, 7) is 6.12. The van der Waals surface area contributed by atoms with E-state index in [1.807, 2.05) is 57.3 Å². The van der Waals surface area contributed by atoms with Crippen molar-refractivity contribution in [3.05, 3.63) is 96.3 Å². The molecule has 5 aromatic rings. The number of carbonyl (C=O) groups excluding carboxylic acids is 1. The molecule has 0 aliphatic carbocycles. The quantitative estimate of drug-likeness (QED) is 0.316. The Hall–Kier alpha value is -4.32. The summed E-state index contributed by atoms with van der Waals surface area (Å²) in [6.07, 6.45) is 3.35. The van der Waals surface area contributed by atoms with E-state index < -0.39 is 17.7 Å². The molecule has 0 saturated heterocycles. The SMILES string of the molecule is CC(C)(C)OC(=O)n1ccc2ccc(-c3ccc4ccn(Cc5cccc(C(=O)O)c5)c4c3)cc21. The number of carboxylic acid groups (broad SMARTS) is 1. The van der Waals surface area contributed by atoms with Crippen LogP contribution in [0.25, 0.3) is 32.9 Å². The van der Waals surface area contributed by atoms with Crippen LogP contribution >= 0.6 is 0 Å². The number of carboxylic acids is 1. The third-order valence-electron chi connectivity index (χ3n) is 5.92. The van der Waals surface area contributed by atoms with Crippen LogP contribution in [0.4, 0.5) is 4.79 Å². The van der Waals surface area contributed by atoms with Crippen LogP contribution in [-0.2, 0) is 11.3 Å². The van der Waals surface area contributed by atoms with Gasteiger partial charge in [-0.3, -0.25) is 4.57 Å². The molecular formula is C29H26N2O4. The van der Waals surface area contributed by atoms with Crippen LogP contribution in [0.2, 0.25) is 0 Å². The predicted molar refractivity (Wildman–Crippen MR) is 137 cm³/mol. The fourth-order valence-corrected chi connectivity index (χ4v) is 4.28. The Morgan fingerprint density at radius 3 is 2.17 bits per heavy atom. The predicted octanol–water partition coefficient (Wildman–Crippen LogP) is 6.79. The molecule has 1 N–H and O–H groups in total. The molecule has 2 heterocycles. The molecule has 176 valence electrons. The van der Waals surface area contributed by atoms with Gasteiger partial charge in [-0.15, -0.1) is 0 Å². The van der Waals surface area contributed by atoms with E-state index in [0.717, 1.165) is 38.5 Å². The van der Waals surface area contributed by atoms with Crippen molar-refractivity contribution < 1.29 is 19.4 Å². The van der Waals surface area contributed by atoms with Crippen molar-refractivity contribution >= 4 is 33.9 Å². The molecule has 6 nitrogen and oxygen atoms in total. The van der Waals surface area contributed by atoms with Crippen molar-refractivity contribution in [2.75, 3.05) is 0 Å². The molecule has 6 heteroatoms. The first-order chi connectivity index (χ1) is 16.7. The number of rotatable bonds is 4. The lowest BCUT2D eigenvalue weighted by molar-refractivity contribution is 0.0543. The average molecular weight is 467 g/mol. The second-order valence-electron chi connectivity index (χ2n) is 9.66. The van der Waals surface area contributed by atoms with Gasteiger partial charge in [-0.2, -0.15) is 0 Å². The lowest BCUT2D eigenvalue weighted by atomic mass is 10.0. The Morgan fingerprint density at radius 1 is 0.829 bits per heavy atom. The highest BCUT2D eigenvalue weighted by Gasteiger charge is 2.19. The van der Waals surface area contributed by atoms with Crippen molar-refractivity contribution in [1.82, 2.24) is 9.13 Å². The highest BCUT2D eigenvalue weighted by Crippen LogP contribution is 2.29. The minimum absolute atomic E-state index is 0.279. The summed E-state index contributed by atoms with van der Waals surface area (Å²) in [4.78, 5) is 24.0. The van der Waals surface area contributed by atoms with Crippen molar-refractivity contribution in [2.24, 2.45) is 0 Å². The first kappa shape index (κ1) is 22.5. The molecule has 0 amide bonds. The van der Waals surface area contributed by atoms with E-state index in [-0.39, 0.29) is 5.56 Å². The third kappa shape index (κ3) is 4.55. The van der Waals surface area contributed by atoms with Gasteiger partial charge in [0.15, 0.2) is 0 Å². The highest BCUT2D eigenvalue weighted by atomic mass is 16.6. The number of hydrogen-bond donors (Lipinski definition) is 1. The average Bonchev–Trinajstić information content (AvgIpc) is 3.41. The Bertz CT molecular complexity index is 1580. The van der Waals surface area contributed by atoms with Gasteiger partial charge in [0.2, 0.25) is 0 Å². The van der Waals surface area contributed by atoms with Gasteiger partial charge in [-0.1, -0.05) is 36.4 Å². The van der Waals surface area contributed by atoms with Gasteiger partial charge in [0.25, 0.3) is 0 Å². The normalized spacial score (nSPS) is 11.7. The highest BCUT2D eigenvalue weighted by molar-refractivity contribution is 5.93. The zero-order valence-corrected chi connectivity index (χ0v) is 19.9. The summed E-state index contributed by atoms with van der Waals surface area (Å²) < 4.78 is 9.22. The second kappa shape index (κ2) is 8.47. The molecule has 0 radical (unpaired) electrons. The van der Waals surface area contributed by atoms with E-state index in [9.17, 15) is 14.7 Å². The zero-order valence-electron chi connectivity index (χ0n) is 19.9. The van der Waals surface area contributed by atoms with E-state index in [1.54, 1.807) is 29.0 Å². The molecule has 5 rings (SSSR count). The molecule has 0 aliphatic heterocycles. The summed E-state index contributed by atoms with van der Waals surface area (Å²) >= 11 is 0. The summed E-state index contributed by atoms with van der Waals surface area (Å²) in [5, 5.41) is 11.4. The number of benzene rings is 3. The van der Waals surface area contributed by atoms with E-state index in [1.165, 1.54) is 0 Å². The van der Waals surface area contributed by atoms with Crippen molar-refractivity contribution in [3.63, 3.8) is 0 Å². The topological polar surface area (TPSA) is 73.5 Å². The van der Waals surface area contributed by atoms with E-state index in [4.69, 9.17) is 4.74 Å². The van der Waals surface area contributed by atoms with Gasteiger partial charge >= 0.3 is 12.1 Å². The Balaban J connectivity index is 1.51. The number of fused-ring (bicyclic) bond motifs is 2. The van der Waals surface area contributed by atoms with Crippen LogP contribution in [0.3, 0.4) is 0 Å². The van der Waals surface area contributed by atoms with Crippen LogP contribution in [0, 0.1) is 0 Å². The van der Waals surface area contributed by atoms with Gasteiger partial charge in [0.05, 0.1) is 11.1 Å². The number of aromatic carboxylic acids is 1. The molecule has 0 atom stereocenters. The second-order valence-corrected chi connectivity index (χ2v) is 9.66. The van der Waals surface area contributed by atoms with Gasteiger partial charge in [0.1, 0.15) is 5.60 Å². The lowest BCUT2D eigenvalue weighted by Gasteiger charge is -2.19. The van der Waals surface area contributed by atoms with Gasteiger partial charge in [0, 0.05) is 29.8 Å². The molecule has 0 unspecified atom stereocenters. The maximum Gasteiger partial charge on any atom is 0.418 e. The number of aromatic nitrogens is 2. The fourth-order valence-electron chi connectivity index (χ4n) is 4.28. The van der Waals surface area contributed by atoms with Crippen LogP contribution in [0.1, 0.15) is 36.7 Å². The fraction of sp³-hybridized carbons (Fsp3) is 0.172. The summed E-state index contributed by atoms with van der Waals surface area (Å²) in [6, 6.07) is 23.3.